The highest BCUT2D eigenvalue weighted by Gasteiger charge is 2.11. The molecule has 132 valence electrons. The molecule has 1 amide bonds. The van der Waals surface area contributed by atoms with Crippen molar-refractivity contribution < 1.29 is 14.3 Å². The first-order valence-electron chi connectivity index (χ1n) is 8.08. The third-order valence-electron chi connectivity index (χ3n) is 3.93. The van der Waals surface area contributed by atoms with Crippen LogP contribution in [0.5, 0.6) is 0 Å². The number of carbonyl (C=O) groups excluding carboxylic acids is 2. The molecule has 0 bridgehead atoms. The van der Waals surface area contributed by atoms with E-state index < -0.39 is 5.97 Å². The van der Waals surface area contributed by atoms with Gasteiger partial charge in [0.1, 0.15) is 0 Å². The van der Waals surface area contributed by atoms with Gasteiger partial charge in [0, 0.05) is 10.6 Å². The van der Waals surface area contributed by atoms with Crippen LogP contribution in [0.4, 0.5) is 5.69 Å². The van der Waals surface area contributed by atoms with Gasteiger partial charge in [0.15, 0.2) is 6.61 Å². The number of hydrogen-bond acceptors (Lipinski definition) is 4. The number of benzene rings is 2. The zero-order valence-corrected chi connectivity index (χ0v) is 15.8. The fraction of sp³-hybridized carbons (Fsp3) is 0.300. The molecule has 2 aromatic carbocycles. The zero-order chi connectivity index (χ0) is 18.4. The lowest BCUT2D eigenvalue weighted by Crippen LogP contribution is -2.22. The molecule has 0 atom stereocenters. The van der Waals surface area contributed by atoms with Gasteiger partial charge >= 0.3 is 5.97 Å². The Bertz CT molecular complexity index is 787. The number of aryl methyl sites for hydroxylation is 3. The van der Waals surface area contributed by atoms with Crippen LogP contribution in [0, 0.1) is 27.7 Å². The van der Waals surface area contributed by atoms with Gasteiger partial charge in [-0.3, -0.25) is 9.59 Å². The van der Waals surface area contributed by atoms with Crippen molar-refractivity contribution in [1.29, 1.82) is 0 Å². The Labute approximate surface area is 153 Å². The predicted molar refractivity (Wildman–Crippen MR) is 102 cm³/mol. The Morgan fingerprint density at radius 2 is 1.80 bits per heavy atom. The molecule has 0 aliphatic heterocycles. The molecule has 1 N–H and O–H groups in total. The zero-order valence-electron chi connectivity index (χ0n) is 15.0. The molecule has 0 aliphatic rings. The first kappa shape index (κ1) is 19.1. The lowest BCUT2D eigenvalue weighted by atomic mass is 10.1. The smallest absolute Gasteiger partial charge is 0.316 e. The number of amides is 1. The molecular weight excluding hydrogens is 334 g/mol. The van der Waals surface area contributed by atoms with Crippen molar-refractivity contribution in [2.24, 2.45) is 0 Å². The fourth-order valence-corrected chi connectivity index (χ4v) is 3.18. The number of rotatable bonds is 6. The number of nitrogens with one attached hydrogen (secondary N) is 1. The minimum atomic E-state index is -0.401. The Morgan fingerprint density at radius 3 is 2.56 bits per heavy atom. The number of hydrogen-bond donors (Lipinski definition) is 1. The van der Waals surface area contributed by atoms with Crippen LogP contribution in [0.1, 0.15) is 22.3 Å². The van der Waals surface area contributed by atoms with E-state index in [9.17, 15) is 9.59 Å². The van der Waals surface area contributed by atoms with E-state index >= 15 is 0 Å². The summed E-state index contributed by atoms with van der Waals surface area (Å²) in [7, 11) is 0. The highest BCUT2D eigenvalue weighted by atomic mass is 32.2. The third-order valence-corrected chi connectivity index (χ3v) is 5.06. The number of carbonyl (C=O) groups is 2. The molecule has 0 heterocycles. The molecule has 5 heteroatoms. The average Bonchev–Trinajstić information content (AvgIpc) is 2.58. The monoisotopic (exact) mass is 357 g/mol. The summed E-state index contributed by atoms with van der Waals surface area (Å²) >= 11 is 1.42. The van der Waals surface area contributed by atoms with Gasteiger partial charge < -0.3 is 10.1 Å². The highest BCUT2D eigenvalue weighted by molar-refractivity contribution is 8.00. The molecule has 2 aromatic rings. The molecule has 0 spiro atoms. The summed E-state index contributed by atoms with van der Waals surface area (Å²) in [5, 5.41) is 2.77. The van der Waals surface area contributed by atoms with Crippen molar-refractivity contribution in [3.05, 3.63) is 58.7 Å². The van der Waals surface area contributed by atoms with Crippen molar-refractivity contribution in [2.45, 2.75) is 32.6 Å². The lowest BCUT2D eigenvalue weighted by molar-refractivity contribution is -0.144. The summed E-state index contributed by atoms with van der Waals surface area (Å²) in [6, 6.07) is 11.8. The third kappa shape index (κ3) is 5.64. The first-order chi connectivity index (χ1) is 11.9. The molecule has 0 saturated heterocycles. The SMILES string of the molecule is Cc1ccc(C)c(SCC(=O)OCC(=O)Nc2cccc(C)c2C)c1. The molecule has 4 nitrogen and oxygen atoms in total. The van der Waals surface area contributed by atoms with E-state index in [4.69, 9.17) is 4.74 Å². The van der Waals surface area contributed by atoms with E-state index in [1.165, 1.54) is 11.8 Å². The van der Waals surface area contributed by atoms with Crippen LogP contribution < -0.4 is 5.32 Å². The van der Waals surface area contributed by atoms with Crippen molar-refractivity contribution in [2.75, 3.05) is 17.7 Å². The number of anilines is 1. The maximum atomic E-state index is 12.0. The molecule has 0 saturated carbocycles. The lowest BCUT2D eigenvalue weighted by Gasteiger charge is -2.11. The predicted octanol–water partition coefficient (Wildman–Crippen LogP) is 4.19. The summed E-state index contributed by atoms with van der Waals surface area (Å²) in [4.78, 5) is 24.9. The van der Waals surface area contributed by atoms with E-state index in [1.807, 2.05) is 64.1 Å². The maximum absolute atomic E-state index is 12.0. The van der Waals surface area contributed by atoms with Gasteiger partial charge in [-0.2, -0.15) is 0 Å². The molecule has 0 aromatic heterocycles. The molecular formula is C20H23NO3S. The second-order valence-corrected chi connectivity index (χ2v) is 7.03. The van der Waals surface area contributed by atoms with Gasteiger partial charge in [-0.1, -0.05) is 29.8 Å². The fourth-order valence-electron chi connectivity index (χ4n) is 2.26. The van der Waals surface area contributed by atoms with Crippen LogP contribution in [0.3, 0.4) is 0 Å². The number of thioether (sulfide) groups is 1. The van der Waals surface area contributed by atoms with Crippen LogP contribution >= 0.6 is 11.8 Å². The normalized spacial score (nSPS) is 10.4. The van der Waals surface area contributed by atoms with E-state index in [0.717, 1.165) is 32.8 Å². The minimum Gasteiger partial charge on any atom is -0.455 e. The van der Waals surface area contributed by atoms with Gasteiger partial charge in [-0.15, -0.1) is 11.8 Å². The van der Waals surface area contributed by atoms with Crippen LogP contribution in [0.25, 0.3) is 0 Å². The van der Waals surface area contributed by atoms with Gasteiger partial charge in [0.25, 0.3) is 5.91 Å². The van der Waals surface area contributed by atoms with E-state index in [0.29, 0.717) is 0 Å². The molecule has 0 radical (unpaired) electrons. The van der Waals surface area contributed by atoms with E-state index in [1.54, 1.807) is 0 Å². The molecule has 0 fully saturated rings. The van der Waals surface area contributed by atoms with Crippen LogP contribution in [0.15, 0.2) is 41.3 Å². The number of esters is 1. The van der Waals surface area contributed by atoms with Gasteiger partial charge in [-0.05, 0) is 56.5 Å². The summed E-state index contributed by atoms with van der Waals surface area (Å²) < 4.78 is 5.07. The Morgan fingerprint density at radius 1 is 1.04 bits per heavy atom. The molecule has 0 unspecified atom stereocenters. The molecule has 2 rings (SSSR count). The second-order valence-electron chi connectivity index (χ2n) is 6.01. The quantitative estimate of drug-likeness (QED) is 0.622. The van der Waals surface area contributed by atoms with Crippen LogP contribution in [0.2, 0.25) is 0 Å². The van der Waals surface area contributed by atoms with Crippen molar-refractivity contribution in [1.82, 2.24) is 0 Å². The Kier molecular flexibility index (Phi) is 6.65. The van der Waals surface area contributed by atoms with E-state index in [-0.39, 0.29) is 18.3 Å². The molecule has 0 aliphatic carbocycles. The average molecular weight is 357 g/mol. The second kappa shape index (κ2) is 8.72. The summed E-state index contributed by atoms with van der Waals surface area (Å²) in [6.45, 7) is 7.66. The Balaban J connectivity index is 1.80. The van der Waals surface area contributed by atoms with Crippen molar-refractivity contribution in [3.8, 4) is 0 Å². The van der Waals surface area contributed by atoms with Crippen molar-refractivity contribution >= 4 is 29.3 Å². The van der Waals surface area contributed by atoms with Gasteiger partial charge in [0.2, 0.25) is 0 Å². The van der Waals surface area contributed by atoms with Crippen LogP contribution in [-0.2, 0) is 14.3 Å². The van der Waals surface area contributed by atoms with Gasteiger partial charge in [0.05, 0.1) is 5.75 Å². The first-order valence-corrected chi connectivity index (χ1v) is 9.07. The standard InChI is InChI=1S/C20H23NO3S/c1-13-8-9-15(3)18(10-13)25-12-20(23)24-11-19(22)21-17-7-5-6-14(2)16(17)4/h5-10H,11-12H2,1-4H3,(H,21,22). The van der Waals surface area contributed by atoms with E-state index in [2.05, 4.69) is 5.32 Å². The maximum Gasteiger partial charge on any atom is 0.316 e. The minimum absolute atomic E-state index is 0.182. The summed E-state index contributed by atoms with van der Waals surface area (Å²) in [5.74, 6) is -0.554. The summed E-state index contributed by atoms with van der Waals surface area (Å²) in [6.07, 6.45) is 0. The van der Waals surface area contributed by atoms with Crippen LogP contribution in [-0.4, -0.2) is 24.2 Å². The van der Waals surface area contributed by atoms with Crippen molar-refractivity contribution in [3.63, 3.8) is 0 Å². The summed E-state index contributed by atoms with van der Waals surface area (Å²) in [5.41, 5.74) is 5.11. The topological polar surface area (TPSA) is 55.4 Å². The highest BCUT2D eigenvalue weighted by Crippen LogP contribution is 2.23. The Hall–Kier alpha value is -2.27. The largest absolute Gasteiger partial charge is 0.455 e. The number of ether oxygens (including phenoxy) is 1. The van der Waals surface area contributed by atoms with Gasteiger partial charge in [-0.25, -0.2) is 0 Å². The molecule has 25 heavy (non-hydrogen) atoms.